The topological polar surface area (TPSA) is 42.5 Å². The highest BCUT2D eigenvalue weighted by molar-refractivity contribution is 5.44. The molecule has 0 aliphatic carbocycles. The molecule has 0 spiro atoms. The molecule has 0 bridgehead atoms. The van der Waals surface area contributed by atoms with Gasteiger partial charge in [0.1, 0.15) is 0 Å². The second-order valence-electron chi connectivity index (χ2n) is 3.72. The summed E-state index contributed by atoms with van der Waals surface area (Å²) in [6, 6.07) is 6.06. The highest BCUT2D eigenvalue weighted by Crippen LogP contribution is 2.32. The van der Waals surface area contributed by atoms with Crippen LogP contribution in [0.4, 0.5) is 0 Å². The first kappa shape index (κ1) is 11.2. The van der Waals surface area contributed by atoms with E-state index in [-0.39, 0.29) is 0 Å². The lowest BCUT2D eigenvalue weighted by atomic mass is 10.2. The smallest absolute Gasteiger partial charge is 0.231 e. The van der Waals surface area contributed by atoms with E-state index in [9.17, 15) is 0 Å². The van der Waals surface area contributed by atoms with Gasteiger partial charge in [-0.1, -0.05) is 13.0 Å². The Morgan fingerprint density at radius 3 is 2.81 bits per heavy atom. The summed E-state index contributed by atoms with van der Waals surface area (Å²) in [7, 11) is 0. The second kappa shape index (κ2) is 5.72. The summed E-state index contributed by atoms with van der Waals surface area (Å²) in [5.41, 5.74) is 1.22. The molecule has 4 heteroatoms. The zero-order valence-electron chi connectivity index (χ0n) is 9.58. The quantitative estimate of drug-likeness (QED) is 0.708. The van der Waals surface area contributed by atoms with Crippen molar-refractivity contribution >= 4 is 0 Å². The van der Waals surface area contributed by atoms with Gasteiger partial charge < -0.3 is 20.1 Å². The van der Waals surface area contributed by atoms with Crippen molar-refractivity contribution in [1.29, 1.82) is 0 Å². The molecule has 0 aromatic heterocycles. The molecule has 1 heterocycles. The van der Waals surface area contributed by atoms with Crippen molar-refractivity contribution in [3.05, 3.63) is 23.8 Å². The van der Waals surface area contributed by atoms with Crippen LogP contribution < -0.4 is 20.1 Å². The molecule has 1 aliphatic heterocycles. The molecule has 0 amide bonds. The number of benzene rings is 1. The molecule has 2 rings (SSSR count). The third-order valence-electron chi connectivity index (χ3n) is 2.49. The predicted molar refractivity (Wildman–Crippen MR) is 62.8 cm³/mol. The first-order chi connectivity index (χ1) is 7.90. The molecular weight excluding hydrogens is 204 g/mol. The summed E-state index contributed by atoms with van der Waals surface area (Å²) in [5.74, 6) is 1.70. The number of nitrogens with one attached hydrogen (secondary N) is 2. The largest absolute Gasteiger partial charge is 0.454 e. The lowest BCUT2D eigenvalue weighted by Crippen LogP contribution is -2.26. The number of hydrogen-bond donors (Lipinski definition) is 2. The summed E-state index contributed by atoms with van der Waals surface area (Å²) in [6.45, 7) is 6.31. The first-order valence-electron chi connectivity index (χ1n) is 5.70. The SMILES string of the molecule is CCNCCNCc1ccc2c(c1)OCO2. The number of fused-ring (bicyclic) bond motifs is 1. The maximum Gasteiger partial charge on any atom is 0.231 e. The van der Waals surface area contributed by atoms with Crippen LogP contribution in [0.1, 0.15) is 12.5 Å². The summed E-state index contributed by atoms with van der Waals surface area (Å²) >= 11 is 0. The van der Waals surface area contributed by atoms with Crippen LogP contribution >= 0.6 is 0 Å². The molecule has 1 aliphatic rings. The predicted octanol–water partition coefficient (Wildman–Crippen LogP) is 1.11. The minimum Gasteiger partial charge on any atom is -0.454 e. The van der Waals surface area contributed by atoms with Gasteiger partial charge >= 0.3 is 0 Å². The third-order valence-corrected chi connectivity index (χ3v) is 2.49. The van der Waals surface area contributed by atoms with Crippen LogP contribution in [0.25, 0.3) is 0 Å². The lowest BCUT2D eigenvalue weighted by molar-refractivity contribution is 0.174. The monoisotopic (exact) mass is 222 g/mol. The fraction of sp³-hybridized carbons (Fsp3) is 0.500. The standard InChI is InChI=1S/C12H18N2O2/c1-2-13-5-6-14-8-10-3-4-11-12(7-10)16-9-15-11/h3-4,7,13-14H,2,5-6,8-9H2,1H3. The highest BCUT2D eigenvalue weighted by atomic mass is 16.7. The van der Waals surface area contributed by atoms with Crippen molar-refractivity contribution in [3.8, 4) is 11.5 Å². The van der Waals surface area contributed by atoms with E-state index in [1.807, 2.05) is 12.1 Å². The summed E-state index contributed by atoms with van der Waals surface area (Å²) < 4.78 is 10.6. The lowest BCUT2D eigenvalue weighted by Gasteiger charge is -2.06. The van der Waals surface area contributed by atoms with E-state index >= 15 is 0 Å². The Morgan fingerprint density at radius 1 is 1.12 bits per heavy atom. The van der Waals surface area contributed by atoms with E-state index in [4.69, 9.17) is 9.47 Å². The highest BCUT2D eigenvalue weighted by Gasteiger charge is 2.12. The van der Waals surface area contributed by atoms with Gasteiger partial charge in [-0.25, -0.2) is 0 Å². The molecule has 0 saturated heterocycles. The average molecular weight is 222 g/mol. The normalized spacial score (nSPS) is 13.1. The molecule has 1 aromatic carbocycles. The van der Waals surface area contributed by atoms with E-state index in [2.05, 4.69) is 23.6 Å². The van der Waals surface area contributed by atoms with Gasteiger partial charge in [0.15, 0.2) is 11.5 Å². The summed E-state index contributed by atoms with van der Waals surface area (Å²) in [6.07, 6.45) is 0. The van der Waals surface area contributed by atoms with Crippen LogP contribution in [0.5, 0.6) is 11.5 Å². The second-order valence-corrected chi connectivity index (χ2v) is 3.72. The molecule has 2 N–H and O–H groups in total. The van der Waals surface area contributed by atoms with E-state index in [1.165, 1.54) is 5.56 Å². The maximum atomic E-state index is 5.32. The third kappa shape index (κ3) is 2.87. The number of hydrogen-bond acceptors (Lipinski definition) is 4. The molecular formula is C12H18N2O2. The summed E-state index contributed by atoms with van der Waals surface area (Å²) in [5, 5.41) is 6.64. The Morgan fingerprint density at radius 2 is 1.94 bits per heavy atom. The minimum atomic E-state index is 0.340. The van der Waals surface area contributed by atoms with Crippen LogP contribution in [-0.4, -0.2) is 26.4 Å². The molecule has 0 saturated carbocycles. The average Bonchev–Trinajstić information content (AvgIpc) is 2.76. The van der Waals surface area contributed by atoms with Crippen LogP contribution in [-0.2, 0) is 6.54 Å². The number of rotatable bonds is 6. The zero-order chi connectivity index (χ0) is 11.2. The molecule has 0 fully saturated rings. The zero-order valence-corrected chi connectivity index (χ0v) is 9.58. The van der Waals surface area contributed by atoms with E-state index in [1.54, 1.807) is 0 Å². The molecule has 0 radical (unpaired) electrons. The van der Waals surface area contributed by atoms with Gasteiger partial charge in [-0.2, -0.15) is 0 Å². The van der Waals surface area contributed by atoms with Gasteiger partial charge in [-0.3, -0.25) is 0 Å². The fourth-order valence-corrected chi connectivity index (χ4v) is 1.64. The van der Waals surface area contributed by atoms with Crippen molar-refractivity contribution in [1.82, 2.24) is 10.6 Å². The Hall–Kier alpha value is -1.26. The minimum absolute atomic E-state index is 0.340. The molecule has 1 aromatic rings. The molecule has 16 heavy (non-hydrogen) atoms. The van der Waals surface area contributed by atoms with Crippen LogP contribution in [0.15, 0.2) is 18.2 Å². The number of likely N-dealkylation sites (N-methyl/N-ethyl adjacent to an activating group) is 1. The Balaban J connectivity index is 1.77. The summed E-state index contributed by atoms with van der Waals surface area (Å²) in [4.78, 5) is 0. The number of ether oxygens (including phenoxy) is 2. The van der Waals surface area contributed by atoms with Crippen LogP contribution in [0, 0.1) is 0 Å². The van der Waals surface area contributed by atoms with Gasteiger partial charge in [0, 0.05) is 19.6 Å². The molecule has 4 nitrogen and oxygen atoms in total. The van der Waals surface area contributed by atoms with Gasteiger partial charge in [-0.05, 0) is 24.2 Å². The van der Waals surface area contributed by atoms with E-state index in [0.717, 1.165) is 37.7 Å². The Bertz CT molecular complexity index is 342. The molecule has 0 unspecified atom stereocenters. The van der Waals surface area contributed by atoms with Crippen molar-refractivity contribution < 1.29 is 9.47 Å². The van der Waals surface area contributed by atoms with Crippen molar-refractivity contribution in [2.45, 2.75) is 13.5 Å². The maximum absolute atomic E-state index is 5.32. The van der Waals surface area contributed by atoms with Crippen molar-refractivity contribution in [3.63, 3.8) is 0 Å². The van der Waals surface area contributed by atoms with Gasteiger partial charge in [0.2, 0.25) is 6.79 Å². The van der Waals surface area contributed by atoms with Crippen LogP contribution in [0.3, 0.4) is 0 Å². The van der Waals surface area contributed by atoms with Crippen molar-refractivity contribution in [2.75, 3.05) is 26.4 Å². The van der Waals surface area contributed by atoms with Gasteiger partial charge in [0.05, 0.1) is 0 Å². The van der Waals surface area contributed by atoms with Crippen molar-refractivity contribution in [2.24, 2.45) is 0 Å². The van der Waals surface area contributed by atoms with E-state index in [0.29, 0.717) is 6.79 Å². The molecule has 88 valence electrons. The van der Waals surface area contributed by atoms with E-state index < -0.39 is 0 Å². The first-order valence-corrected chi connectivity index (χ1v) is 5.70. The fourth-order valence-electron chi connectivity index (χ4n) is 1.64. The van der Waals surface area contributed by atoms with Gasteiger partial charge in [-0.15, -0.1) is 0 Å². The van der Waals surface area contributed by atoms with Gasteiger partial charge in [0.25, 0.3) is 0 Å². The molecule has 0 atom stereocenters. The van der Waals surface area contributed by atoms with Crippen LogP contribution in [0.2, 0.25) is 0 Å². The Kier molecular flexibility index (Phi) is 4.02. The Labute approximate surface area is 95.9 Å².